The Morgan fingerprint density at radius 2 is 2.12 bits per heavy atom. The van der Waals surface area contributed by atoms with E-state index in [1.165, 1.54) is 18.2 Å². The van der Waals surface area contributed by atoms with Gasteiger partial charge in [0.25, 0.3) is 0 Å². The van der Waals surface area contributed by atoms with Crippen molar-refractivity contribution < 1.29 is 22.8 Å². The molecule has 1 rings (SSSR count). The topological polar surface area (TPSA) is 77.6 Å². The van der Waals surface area contributed by atoms with Crippen molar-refractivity contribution in [3.8, 4) is 0 Å². The molecule has 5 nitrogen and oxygen atoms in total. The number of nitrogens with zero attached hydrogens (tertiary/aromatic N) is 2. The molecule has 1 heterocycles. The molecule has 0 radical (unpaired) electrons. The van der Waals surface area contributed by atoms with Gasteiger partial charge in [-0.05, 0) is 12.1 Å². The van der Waals surface area contributed by atoms with E-state index in [1.54, 1.807) is 0 Å². The molecule has 0 saturated carbocycles. The molecule has 0 aliphatic carbocycles. The lowest BCUT2D eigenvalue weighted by atomic mass is 10.4. The van der Waals surface area contributed by atoms with E-state index in [1.807, 2.05) is 0 Å². The third-order valence-corrected chi connectivity index (χ3v) is 1.65. The van der Waals surface area contributed by atoms with Crippen molar-refractivity contribution in [3.05, 3.63) is 29.0 Å². The second kappa shape index (κ2) is 5.00. The molecule has 0 aromatic carbocycles. The number of rotatable bonds is 2. The molecule has 1 aromatic heterocycles. The molecule has 17 heavy (non-hydrogen) atoms. The third kappa shape index (κ3) is 3.91. The number of hydrogen-bond acceptors (Lipinski definition) is 4. The summed E-state index contributed by atoms with van der Waals surface area (Å²) in [5.74, 6) is -2.97. The fraction of sp³-hybridized carbons (Fsp3) is 0.125. The number of alkyl halides is 3. The van der Waals surface area contributed by atoms with E-state index >= 15 is 0 Å². The SMILES string of the molecule is NC(=NOC(=O)c1cccc(Cl)n1)C(F)(F)F. The van der Waals surface area contributed by atoms with Crippen LogP contribution < -0.4 is 5.73 Å². The summed E-state index contributed by atoms with van der Waals surface area (Å²) in [6.45, 7) is 0. The summed E-state index contributed by atoms with van der Waals surface area (Å²) >= 11 is 5.46. The number of nitrogens with two attached hydrogens (primary N) is 1. The quantitative estimate of drug-likeness (QED) is 0.291. The van der Waals surface area contributed by atoms with Crippen LogP contribution in [-0.2, 0) is 4.84 Å². The molecule has 1 aromatic rings. The Morgan fingerprint density at radius 1 is 1.47 bits per heavy atom. The molecule has 0 fully saturated rings. The Labute approximate surface area is 98.0 Å². The number of pyridine rings is 1. The lowest BCUT2D eigenvalue weighted by Gasteiger charge is -2.03. The highest BCUT2D eigenvalue weighted by molar-refractivity contribution is 6.29. The van der Waals surface area contributed by atoms with Crippen molar-refractivity contribution in [2.24, 2.45) is 10.9 Å². The van der Waals surface area contributed by atoms with Crippen molar-refractivity contribution in [2.45, 2.75) is 6.18 Å². The highest BCUT2D eigenvalue weighted by Crippen LogP contribution is 2.14. The molecular formula is C8H5ClF3N3O2. The zero-order chi connectivity index (χ0) is 13.1. The first-order valence-electron chi connectivity index (χ1n) is 4.05. The number of hydrogen-bond donors (Lipinski definition) is 1. The van der Waals surface area contributed by atoms with Gasteiger partial charge in [-0.2, -0.15) is 13.2 Å². The Kier molecular flexibility index (Phi) is 3.89. The van der Waals surface area contributed by atoms with Gasteiger partial charge in [0.05, 0.1) is 0 Å². The van der Waals surface area contributed by atoms with E-state index in [4.69, 9.17) is 11.6 Å². The van der Waals surface area contributed by atoms with E-state index < -0.39 is 18.0 Å². The third-order valence-electron chi connectivity index (χ3n) is 1.44. The van der Waals surface area contributed by atoms with Gasteiger partial charge in [-0.15, -0.1) is 0 Å². The molecule has 9 heteroatoms. The number of amidine groups is 1. The van der Waals surface area contributed by atoms with E-state index in [0.29, 0.717) is 0 Å². The smallest absolute Gasteiger partial charge is 0.377 e. The number of halogens is 4. The summed E-state index contributed by atoms with van der Waals surface area (Å²) in [6.07, 6.45) is -4.86. The van der Waals surface area contributed by atoms with Crippen LogP contribution >= 0.6 is 11.6 Å². The molecule has 92 valence electrons. The number of aromatic nitrogens is 1. The van der Waals surface area contributed by atoms with Gasteiger partial charge < -0.3 is 10.6 Å². The van der Waals surface area contributed by atoms with Gasteiger partial charge in [0.1, 0.15) is 5.15 Å². The maximum Gasteiger partial charge on any atom is 0.452 e. The Balaban J connectivity index is 2.75. The fourth-order valence-corrected chi connectivity index (χ4v) is 0.875. The van der Waals surface area contributed by atoms with E-state index in [0.717, 1.165) is 0 Å². The zero-order valence-electron chi connectivity index (χ0n) is 8.03. The second-order valence-electron chi connectivity index (χ2n) is 2.70. The van der Waals surface area contributed by atoms with Crippen molar-refractivity contribution in [1.29, 1.82) is 0 Å². The predicted octanol–water partition coefficient (Wildman–Crippen LogP) is 1.73. The van der Waals surface area contributed by atoms with Gasteiger partial charge in [-0.3, -0.25) is 0 Å². The minimum Gasteiger partial charge on any atom is -0.377 e. The summed E-state index contributed by atoms with van der Waals surface area (Å²) in [5.41, 5.74) is 4.23. The van der Waals surface area contributed by atoms with Gasteiger partial charge in [0, 0.05) is 0 Å². The van der Waals surface area contributed by atoms with Crippen LogP contribution in [0.4, 0.5) is 13.2 Å². The van der Waals surface area contributed by atoms with Crippen molar-refractivity contribution in [3.63, 3.8) is 0 Å². The maximum absolute atomic E-state index is 11.9. The maximum atomic E-state index is 11.9. The first-order chi connectivity index (χ1) is 7.80. The molecule has 0 amide bonds. The molecule has 2 N–H and O–H groups in total. The average molecular weight is 268 g/mol. The average Bonchev–Trinajstić information content (AvgIpc) is 2.24. The Hall–Kier alpha value is -1.83. The minimum absolute atomic E-state index is 0.00720. The Bertz CT molecular complexity index is 462. The predicted molar refractivity (Wildman–Crippen MR) is 52.3 cm³/mol. The summed E-state index contributed by atoms with van der Waals surface area (Å²) in [5, 5.41) is 2.43. The van der Waals surface area contributed by atoms with E-state index in [-0.39, 0.29) is 10.8 Å². The first kappa shape index (κ1) is 13.2. The normalized spacial score (nSPS) is 12.4. The lowest BCUT2D eigenvalue weighted by Crippen LogP contribution is -2.31. The van der Waals surface area contributed by atoms with E-state index in [2.05, 4.69) is 20.7 Å². The molecule has 0 atom stereocenters. The number of carbonyl (C=O) groups excluding carboxylic acids is 1. The van der Waals surface area contributed by atoms with Crippen molar-refractivity contribution in [2.75, 3.05) is 0 Å². The van der Waals surface area contributed by atoms with Crippen molar-refractivity contribution >= 4 is 23.4 Å². The van der Waals surface area contributed by atoms with Gasteiger partial charge >= 0.3 is 12.1 Å². The monoisotopic (exact) mass is 267 g/mol. The number of carbonyl (C=O) groups is 1. The molecular weight excluding hydrogens is 263 g/mol. The summed E-state index contributed by atoms with van der Waals surface area (Å²) in [4.78, 5) is 18.6. The van der Waals surface area contributed by atoms with Gasteiger partial charge in [-0.25, -0.2) is 9.78 Å². The lowest BCUT2D eigenvalue weighted by molar-refractivity contribution is -0.0624. The second-order valence-corrected chi connectivity index (χ2v) is 3.09. The van der Waals surface area contributed by atoms with Gasteiger partial charge in [-0.1, -0.05) is 22.8 Å². The molecule has 0 bridgehead atoms. The Morgan fingerprint density at radius 3 is 2.65 bits per heavy atom. The minimum atomic E-state index is -4.86. The molecule has 0 saturated heterocycles. The van der Waals surface area contributed by atoms with Crippen molar-refractivity contribution in [1.82, 2.24) is 4.98 Å². The highest BCUT2D eigenvalue weighted by Gasteiger charge is 2.34. The van der Waals surface area contributed by atoms with E-state index in [9.17, 15) is 18.0 Å². The highest BCUT2D eigenvalue weighted by atomic mass is 35.5. The van der Waals surface area contributed by atoms with Crippen LogP contribution in [0.1, 0.15) is 10.5 Å². The molecule has 0 aliphatic heterocycles. The van der Waals surface area contributed by atoms with Crippen LogP contribution in [0.5, 0.6) is 0 Å². The standard InChI is InChI=1S/C8H5ClF3N3O2/c9-5-3-1-2-4(14-5)6(16)17-15-7(13)8(10,11)12/h1-3H,(H2,13,15). The number of oxime groups is 1. The molecule has 0 spiro atoms. The summed E-state index contributed by atoms with van der Waals surface area (Å²) < 4.78 is 35.6. The van der Waals surface area contributed by atoms with Crippen LogP contribution in [-0.4, -0.2) is 23.0 Å². The van der Waals surface area contributed by atoms with Crippen LogP contribution in [0, 0.1) is 0 Å². The van der Waals surface area contributed by atoms with Crippen LogP contribution in [0.15, 0.2) is 23.4 Å². The van der Waals surface area contributed by atoms with Gasteiger partial charge in [0.2, 0.25) is 5.84 Å². The summed E-state index contributed by atoms with van der Waals surface area (Å²) in [7, 11) is 0. The van der Waals surface area contributed by atoms with Crippen LogP contribution in [0.2, 0.25) is 5.15 Å². The summed E-state index contributed by atoms with van der Waals surface area (Å²) in [6, 6.07) is 3.96. The van der Waals surface area contributed by atoms with Gasteiger partial charge in [0.15, 0.2) is 5.69 Å². The van der Waals surface area contributed by atoms with Crippen LogP contribution in [0.25, 0.3) is 0 Å². The first-order valence-corrected chi connectivity index (χ1v) is 4.43. The van der Waals surface area contributed by atoms with Crippen LogP contribution in [0.3, 0.4) is 0 Å². The molecule has 0 unspecified atom stereocenters. The molecule has 0 aliphatic rings. The zero-order valence-corrected chi connectivity index (χ0v) is 8.79. The largest absolute Gasteiger partial charge is 0.452 e. The fourth-order valence-electron chi connectivity index (χ4n) is 0.711.